The number of amides is 1. The lowest BCUT2D eigenvalue weighted by Crippen LogP contribution is -2.45. The van der Waals surface area contributed by atoms with Crippen molar-refractivity contribution in [1.82, 2.24) is 5.32 Å². The predicted molar refractivity (Wildman–Crippen MR) is 263 cm³/mol. The number of aliphatic hydroxyl groups excluding tert-OH is 1. The Morgan fingerprint density at radius 1 is 0.574 bits per heavy atom. The highest BCUT2D eigenvalue weighted by Gasteiger charge is 2.27. The van der Waals surface area contributed by atoms with Gasteiger partial charge in [0, 0.05) is 6.42 Å². The maximum atomic E-state index is 12.9. The molecule has 352 valence electrons. The third-order valence-electron chi connectivity index (χ3n) is 10.3. The number of phosphoric ester groups is 1. The number of phosphoric acid groups is 1. The first-order valence-corrected chi connectivity index (χ1v) is 26.0. The van der Waals surface area contributed by atoms with Crippen molar-refractivity contribution in [2.24, 2.45) is 0 Å². The molecule has 0 aromatic heterocycles. The molecule has 61 heavy (non-hydrogen) atoms. The molecule has 1 amide bonds. The summed E-state index contributed by atoms with van der Waals surface area (Å²) in [4.78, 5) is 23.2. The Hall–Kier alpha value is -2.32. The maximum Gasteiger partial charge on any atom is 0.472 e. The summed E-state index contributed by atoms with van der Waals surface area (Å²) in [6.45, 7) is 4.64. The molecule has 0 fully saturated rings. The van der Waals surface area contributed by atoms with Gasteiger partial charge in [0.15, 0.2) is 0 Å². The molecule has 0 spiro atoms. The Kier molecular flexibility index (Phi) is 41.3. The SMILES string of the molecule is CC/C=C\C/C=C\C/C=C\C/C=C\C/C=C\CCCCCC(=O)NC(COP(=O)(O)OCC[N+](C)(C)C)C(O)/C=C/CC/C=C/CCCCCCCCCCCCCCCC. The Labute approximate surface area is 376 Å². The van der Waals surface area contributed by atoms with Crippen LogP contribution in [0.2, 0.25) is 0 Å². The standard InChI is InChI=1S/C52H93N2O6P/c1-6-8-10-12-14-16-18-20-22-24-26-28-29-31-33-35-37-39-41-43-45-51(55)50(49-60-61(57,58)59-48-47-54(3,4)5)53-52(56)46-44-42-40-38-36-34-32-30-27-25-23-21-19-17-15-13-11-9-7-2/h9,11,15,17,21,23,27,30,34-37,43,45,50-51,55H,6-8,10,12-14,16,18-20,22,24-26,28-29,31-33,38-42,44,46-49H2,1-5H3,(H-,53,56,57,58)/p+1/b11-9-,17-15-,23-21-,30-27-,36-34-,37-35+,45-43+. The van der Waals surface area contributed by atoms with Crippen LogP contribution >= 0.6 is 7.82 Å². The summed E-state index contributed by atoms with van der Waals surface area (Å²) in [5.41, 5.74) is 0. The van der Waals surface area contributed by atoms with Crippen LogP contribution in [0.15, 0.2) is 85.1 Å². The zero-order valence-electron chi connectivity index (χ0n) is 39.9. The number of rotatable bonds is 43. The van der Waals surface area contributed by atoms with Crippen molar-refractivity contribution in [1.29, 1.82) is 0 Å². The summed E-state index contributed by atoms with van der Waals surface area (Å²) in [7, 11) is 1.52. The molecule has 3 unspecified atom stereocenters. The molecule has 3 atom stereocenters. The Bertz CT molecular complexity index is 1260. The summed E-state index contributed by atoms with van der Waals surface area (Å²) in [6.07, 6.45) is 59.5. The zero-order valence-corrected chi connectivity index (χ0v) is 40.8. The highest BCUT2D eigenvalue weighted by Crippen LogP contribution is 2.43. The molecule has 8 nitrogen and oxygen atoms in total. The fourth-order valence-electron chi connectivity index (χ4n) is 6.49. The minimum atomic E-state index is -4.36. The van der Waals surface area contributed by atoms with Crippen LogP contribution < -0.4 is 5.32 Å². The van der Waals surface area contributed by atoms with Gasteiger partial charge in [0.1, 0.15) is 13.2 Å². The van der Waals surface area contributed by atoms with Gasteiger partial charge in [0.05, 0.1) is 39.9 Å². The molecule has 0 aromatic carbocycles. The predicted octanol–water partition coefficient (Wildman–Crippen LogP) is 14.1. The van der Waals surface area contributed by atoms with E-state index >= 15 is 0 Å². The summed E-state index contributed by atoms with van der Waals surface area (Å²) in [5, 5.41) is 13.8. The van der Waals surface area contributed by atoms with Gasteiger partial charge in [-0.05, 0) is 77.0 Å². The molecule has 0 aliphatic rings. The van der Waals surface area contributed by atoms with Crippen LogP contribution in [-0.2, 0) is 18.4 Å². The van der Waals surface area contributed by atoms with E-state index < -0.39 is 20.0 Å². The van der Waals surface area contributed by atoms with Crippen molar-refractivity contribution in [2.75, 3.05) is 40.9 Å². The van der Waals surface area contributed by atoms with Crippen LogP contribution in [0, 0.1) is 0 Å². The van der Waals surface area contributed by atoms with Crippen LogP contribution in [-0.4, -0.2) is 73.4 Å². The highest BCUT2D eigenvalue weighted by molar-refractivity contribution is 7.47. The topological polar surface area (TPSA) is 105 Å². The lowest BCUT2D eigenvalue weighted by atomic mass is 10.0. The number of allylic oxidation sites excluding steroid dienone is 13. The van der Waals surface area contributed by atoms with Crippen molar-refractivity contribution in [2.45, 2.75) is 199 Å². The number of hydrogen-bond donors (Lipinski definition) is 3. The van der Waals surface area contributed by atoms with Gasteiger partial charge in [-0.2, -0.15) is 0 Å². The van der Waals surface area contributed by atoms with Crippen LogP contribution in [0.5, 0.6) is 0 Å². The number of aliphatic hydroxyl groups is 1. The van der Waals surface area contributed by atoms with E-state index in [9.17, 15) is 19.4 Å². The Morgan fingerprint density at radius 2 is 1.00 bits per heavy atom. The lowest BCUT2D eigenvalue weighted by Gasteiger charge is -2.25. The molecule has 0 aliphatic carbocycles. The monoisotopic (exact) mass is 874 g/mol. The van der Waals surface area contributed by atoms with E-state index in [-0.39, 0.29) is 19.1 Å². The number of nitrogens with zero attached hydrogens (tertiary/aromatic N) is 1. The fraction of sp³-hybridized carbons (Fsp3) is 0.712. The number of hydrogen-bond acceptors (Lipinski definition) is 5. The molecule has 0 saturated heterocycles. The molecular weight excluding hydrogens is 780 g/mol. The summed E-state index contributed by atoms with van der Waals surface area (Å²) < 4.78 is 23.6. The average molecular weight is 874 g/mol. The third-order valence-corrected chi connectivity index (χ3v) is 11.3. The largest absolute Gasteiger partial charge is 0.472 e. The van der Waals surface area contributed by atoms with Gasteiger partial charge in [0.2, 0.25) is 5.91 Å². The van der Waals surface area contributed by atoms with Gasteiger partial charge in [-0.25, -0.2) is 4.57 Å². The van der Waals surface area contributed by atoms with Gasteiger partial charge in [-0.3, -0.25) is 13.8 Å². The molecule has 3 N–H and O–H groups in total. The normalized spacial score (nSPS) is 14.9. The highest BCUT2D eigenvalue weighted by atomic mass is 31.2. The molecule has 0 radical (unpaired) electrons. The minimum Gasteiger partial charge on any atom is -0.387 e. The Morgan fingerprint density at radius 3 is 1.51 bits per heavy atom. The van der Waals surface area contributed by atoms with Gasteiger partial charge in [0.25, 0.3) is 0 Å². The summed E-state index contributed by atoms with van der Waals surface area (Å²) >= 11 is 0. The molecule has 0 bridgehead atoms. The minimum absolute atomic E-state index is 0.0449. The van der Waals surface area contributed by atoms with Crippen LogP contribution in [0.3, 0.4) is 0 Å². The Balaban J connectivity index is 4.49. The fourth-order valence-corrected chi connectivity index (χ4v) is 7.23. The maximum absolute atomic E-state index is 12.9. The number of unbranched alkanes of at least 4 members (excludes halogenated alkanes) is 18. The first kappa shape index (κ1) is 58.7. The van der Waals surface area contributed by atoms with E-state index in [0.717, 1.165) is 70.6 Å². The van der Waals surface area contributed by atoms with Crippen LogP contribution in [0.1, 0.15) is 187 Å². The average Bonchev–Trinajstić information content (AvgIpc) is 3.21. The number of carbonyl (C=O) groups is 1. The van der Waals surface area contributed by atoms with Gasteiger partial charge < -0.3 is 19.8 Å². The van der Waals surface area contributed by atoms with Gasteiger partial charge in [-0.15, -0.1) is 0 Å². The molecule has 0 aromatic rings. The van der Waals surface area contributed by atoms with E-state index in [0.29, 0.717) is 23.9 Å². The second-order valence-electron chi connectivity index (χ2n) is 17.4. The number of likely N-dealkylation sites (N-methyl/N-ethyl adjacent to an activating group) is 1. The van der Waals surface area contributed by atoms with Crippen molar-refractivity contribution >= 4 is 13.7 Å². The van der Waals surface area contributed by atoms with Crippen LogP contribution in [0.25, 0.3) is 0 Å². The lowest BCUT2D eigenvalue weighted by molar-refractivity contribution is -0.870. The number of carbonyl (C=O) groups excluding carboxylic acids is 1. The first-order valence-electron chi connectivity index (χ1n) is 24.5. The second-order valence-corrected chi connectivity index (χ2v) is 18.9. The molecule has 0 heterocycles. The summed E-state index contributed by atoms with van der Waals surface area (Å²) in [6, 6.07) is -0.886. The van der Waals surface area contributed by atoms with E-state index in [1.54, 1.807) is 6.08 Å². The van der Waals surface area contributed by atoms with E-state index in [1.807, 2.05) is 27.2 Å². The van der Waals surface area contributed by atoms with Crippen molar-refractivity contribution < 1.29 is 32.9 Å². The quantitative estimate of drug-likeness (QED) is 0.0244. The molecular formula is C52H94N2O6P+. The zero-order chi connectivity index (χ0) is 45.0. The molecule has 0 rings (SSSR count). The molecule has 9 heteroatoms. The molecule has 0 aliphatic heterocycles. The van der Waals surface area contributed by atoms with Crippen molar-refractivity contribution in [3.8, 4) is 0 Å². The van der Waals surface area contributed by atoms with Crippen LogP contribution in [0.4, 0.5) is 0 Å². The van der Waals surface area contributed by atoms with E-state index in [1.165, 1.54) is 89.9 Å². The van der Waals surface area contributed by atoms with E-state index in [2.05, 4.69) is 92.1 Å². The molecule has 0 saturated carbocycles. The first-order chi connectivity index (χ1) is 29.5. The van der Waals surface area contributed by atoms with Gasteiger partial charge >= 0.3 is 7.82 Å². The number of quaternary nitrogens is 1. The number of nitrogens with one attached hydrogen (secondary N) is 1. The van der Waals surface area contributed by atoms with E-state index in [4.69, 9.17) is 9.05 Å². The smallest absolute Gasteiger partial charge is 0.387 e. The van der Waals surface area contributed by atoms with Gasteiger partial charge in [-0.1, -0.05) is 189 Å². The third kappa shape index (κ3) is 45.5. The van der Waals surface area contributed by atoms with Crippen molar-refractivity contribution in [3.05, 3.63) is 85.1 Å². The summed E-state index contributed by atoms with van der Waals surface area (Å²) in [5.74, 6) is -0.221. The van der Waals surface area contributed by atoms with Crippen molar-refractivity contribution in [3.63, 3.8) is 0 Å². The second kappa shape index (κ2) is 43.0.